The number of ether oxygens (including phenoxy) is 6. The number of rotatable bonds is 19. The van der Waals surface area contributed by atoms with Crippen LogP contribution in [-0.4, -0.2) is 219 Å². The minimum absolute atomic E-state index is 0.0889. The summed E-state index contributed by atoms with van der Waals surface area (Å²) in [6.07, 6.45) is -27.2. The van der Waals surface area contributed by atoms with Gasteiger partial charge in [0.05, 0.1) is 38.6 Å². The Morgan fingerprint density at radius 3 is 2.15 bits per heavy atom. The van der Waals surface area contributed by atoms with Gasteiger partial charge in [-0.1, -0.05) is 0 Å². The molecule has 3 aliphatic rings. The number of hydrogen-bond acceptors (Lipinski definition) is 22. The Kier molecular flexibility index (Phi) is 17.4. The van der Waals surface area contributed by atoms with E-state index < -0.39 is 159 Å². The van der Waals surface area contributed by atoms with Crippen LogP contribution in [0.25, 0.3) is 0 Å². The van der Waals surface area contributed by atoms with E-state index in [2.05, 4.69) is 14.8 Å². The largest absolute Gasteiger partial charge is 0.477 e. The molecule has 16 atom stereocenters. The molecule has 55 heavy (non-hydrogen) atoms. The van der Waals surface area contributed by atoms with Gasteiger partial charge in [0, 0.05) is 13.3 Å². The van der Waals surface area contributed by atoms with Crippen molar-refractivity contribution in [2.24, 2.45) is 5.73 Å². The molecule has 0 aromatic carbocycles. The summed E-state index contributed by atoms with van der Waals surface area (Å²) in [5.74, 6) is -7.12. The monoisotopic (exact) mass is 827 g/mol. The fourth-order valence-electron chi connectivity index (χ4n) is 6.11. The topological polar surface area (TPSA) is 423 Å². The lowest BCUT2D eigenvalue weighted by Gasteiger charge is -2.51. The lowest BCUT2D eigenvalue weighted by molar-refractivity contribution is -0.382. The molecule has 0 unspecified atom stereocenters. The van der Waals surface area contributed by atoms with Crippen molar-refractivity contribution in [3.05, 3.63) is 0 Å². The van der Waals surface area contributed by atoms with Gasteiger partial charge in [0.25, 0.3) is 5.79 Å². The van der Waals surface area contributed by atoms with Crippen LogP contribution in [0.1, 0.15) is 19.8 Å². The smallest absolute Gasteiger partial charge is 0.397 e. The van der Waals surface area contributed by atoms with Crippen molar-refractivity contribution in [3.63, 3.8) is 0 Å². The van der Waals surface area contributed by atoms with Crippen molar-refractivity contribution >= 4 is 28.2 Å². The van der Waals surface area contributed by atoms with E-state index >= 15 is 0 Å². The van der Waals surface area contributed by atoms with Gasteiger partial charge in [-0.2, -0.15) is 8.42 Å². The van der Waals surface area contributed by atoms with Crippen molar-refractivity contribution in [2.75, 3.05) is 39.6 Å². The highest BCUT2D eigenvalue weighted by molar-refractivity contribution is 7.80. The van der Waals surface area contributed by atoms with Gasteiger partial charge in [-0.15, -0.1) is 0 Å². The summed E-state index contributed by atoms with van der Waals surface area (Å²) >= 11 is 0. The molecule has 26 nitrogen and oxygen atoms in total. The van der Waals surface area contributed by atoms with Gasteiger partial charge in [0.2, 0.25) is 11.8 Å². The molecule has 0 spiro atoms. The van der Waals surface area contributed by atoms with Crippen LogP contribution in [0, 0.1) is 0 Å². The van der Waals surface area contributed by atoms with Gasteiger partial charge >= 0.3 is 16.4 Å². The lowest BCUT2D eigenvalue weighted by atomic mass is 9.88. The Hall–Kier alpha value is -2.36. The summed E-state index contributed by atoms with van der Waals surface area (Å²) in [5.41, 5.74) is 5.48. The minimum atomic E-state index is -5.16. The fraction of sp³-hybridized carbons (Fsp3) is 0.893. The third kappa shape index (κ3) is 11.8. The predicted octanol–water partition coefficient (Wildman–Crippen LogP) is -8.91. The molecule has 27 heteroatoms. The molecular weight excluding hydrogens is 778 g/mol. The quantitative estimate of drug-likeness (QED) is 0.0424. The number of carboxylic acids is 1. The SMILES string of the molecule is CC(=O)N[C@H]1[C@H](OCCCN)O[C@H](COS(=O)(=O)O)[C@@H](O[C@@H]2O[C@H](CO)[C@H](O)[C@H](O[C@]3(C(=O)O)C[C@H](O)[C@@H](NC(=O)CO)[C@H]([C@H](O)[C@H](O)CO)O3)[C@H]2O)[C@@H]1O. The second-order valence-corrected chi connectivity index (χ2v) is 13.9. The zero-order valence-corrected chi connectivity index (χ0v) is 29.9. The van der Waals surface area contributed by atoms with E-state index in [1.807, 2.05) is 0 Å². The second kappa shape index (κ2) is 20.4. The number of carbonyl (C=O) groups is 3. The first-order chi connectivity index (χ1) is 25.7. The number of hydrogen-bond donors (Lipinski definition) is 14. The molecule has 2 amide bonds. The van der Waals surface area contributed by atoms with Crippen LogP contribution in [0.2, 0.25) is 0 Å². The summed E-state index contributed by atoms with van der Waals surface area (Å²) < 4.78 is 70.2. The van der Waals surface area contributed by atoms with Crippen molar-refractivity contribution < 1.29 is 111 Å². The highest BCUT2D eigenvalue weighted by Gasteiger charge is 2.60. The van der Waals surface area contributed by atoms with Crippen LogP contribution in [-0.2, 0) is 57.4 Å². The highest BCUT2D eigenvalue weighted by Crippen LogP contribution is 2.38. The van der Waals surface area contributed by atoms with Gasteiger partial charge in [-0.05, 0) is 13.0 Å². The summed E-state index contributed by atoms with van der Waals surface area (Å²) in [4.78, 5) is 36.9. The highest BCUT2D eigenvalue weighted by atomic mass is 32.3. The number of nitrogens with two attached hydrogens (primary N) is 1. The Morgan fingerprint density at radius 2 is 1.60 bits per heavy atom. The summed E-state index contributed by atoms with van der Waals surface area (Å²) in [6, 6.07) is -3.24. The summed E-state index contributed by atoms with van der Waals surface area (Å²) in [7, 11) is -5.16. The summed E-state index contributed by atoms with van der Waals surface area (Å²) in [6.45, 7) is -3.32. The van der Waals surface area contributed by atoms with Crippen molar-refractivity contribution in [1.82, 2.24) is 10.6 Å². The van der Waals surface area contributed by atoms with E-state index in [9.17, 15) is 78.4 Å². The Balaban J connectivity index is 2.01. The number of carbonyl (C=O) groups excluding carboxylic acids is 2. The van der Waals surface area contributed by atoms with Gasteiger partial charge in [0.1, 0.15) is 73.7 Å². The Bertz CT molecular complexity index is 1380. The molecule has 0 aliphatic carbocycles. The first kappa shape index (κ1) is 47.0. The van der Waals surface area contributed by atoms with Gasteiger partial charge in [-0.25, -0.2) is 8.98 Å². The molecule has 3 saturated heterocycles. The zero-order valence-electron chi connectivity index (χ0n) is 29.1. The van der Waals surface area contributed by atoms with E-state index in [1.54, 1.807) is 0 Å². The maximum atomic E-state index is 12.8. The van der Waals surface area contributed by atoms with Crippen LogP contribution in [0.5, 0.6) is 0 Å². The molecule has 3 heterocycles. The number of aliphatic carboxylic acids is 1. The fourth-order valence-corrected chi connectivity index (χ4v) is 6.42. The number of carboxylic acid groups (broad SMARTS) is 1. The average molecular weight is 828 g/mol. The minimum Gasteiger partial charge on any atom is -0.477 e. The zero-order chi connectivity index (χ0) is 41.4. The molecule has 3 aliphatic heterocycles. The van der Waals surface area contributed by atoms with Crippen LogP contribution in [0.15, 0.2) is 0 Å². The number of amides is 2. The molecule has 3 fully saturated rings. The number of nitrogens with one attached hydrogen (secondary N) is 2. The molecule has 320 valence electrons. The normalized spacial score (nSPS) is 38.1. The maximum absolute atomic E-state index is 12.8. The van der Waals surface area contributed by atoms with E-state index in [0.717, 1.165) is 6.92 Å². The van der Waals surface area contributed by atoms with E-state index in [4.69, 9.17) is 34.2 Å². The Labute approximate surface area is 312 Å². The number of aliphatic hydroxyl groups excluding tert-OH is 9. The average Bonchev–Trinajstić information content (AvgIpc) is 3.12. The van der Waals surface area contributed by atoms with Gasteiger partial charge < -0.3 is 95.9 Å². The third-order valence-electron chi connectivity index (χ3n) is 8.78. The first-order valence-corrected chi connectivity index (χ1v) is 18.1. The standard InChI is InChI=1S/C28H49N3O23S/c1-10(35)30-17-20(41)22(14(9-49-55(45,46)47)51-25(17)48-4-2-3-29)52-26-21(42)24(19(40)13(7-33)50-26)54-28(27(43)44)5-11(36)16(31-15(38)8-34)23(53-28)18(39)12(37)6-32/h11-14,16-26,32-34,36-37,39-42H,2-9,29H2,1H3,(H,30,35)(H,31,38)(H,43,44)(H,45,46,47)/t11-,12+,13+,14+,16+,17+,18+,19-,20+,21+,22+,23+,24-,25+,26-,28-/m0/s1. The second-order valence-electron chi connectivity index (χ2n) is 12.8. The number of aliphatic hydroxyl groups is 9. The van der Waals surface area contributed by atoms with Crippen molar-refractivity contribution in [3.8, 4) is 0 Å². The first-order valence-electron chi connectivity index (χ1n) is 16.7. The predicted molar refractivity (Wildman–Crippen MR) is 171 cm³/mol. The van der Waals surface area contributed by atoms with Gasteiger partial charge in [-0.3, -0.25) is 14.1 Å². The van der Waals surface area contributed by atoms with E-state index in [1.165, 1.54) is 0 Å². The molecule has 0 radical (unpaired) electrons. The molecule has 0 aromatic heterocycles. The van der Waals surface area contributed by atoms with Crippen molar-refractivity contribution in [1.29, 1.82) is 0 Å². The molecule has 0 saturated carbocycles. The molecule has 3 rings (SSSR count). The summed E-state index contributed by atoms with van der Waals surface area (Å²) in [5, 5.41) is 109. The molecule has 0 aromatic rings. The van der Waals surface area contributed by atoms with E-state index in [0.29, 0.717) is 0 Å². The Morgan fingerprint density at radius 1 is 0.945 bits per heavy atom. The van der Waals surface area contributed by atoms with Crippen LogP contribution >= 0.6 is 0 Å². The van der Waals surface area contributed by atoms with Crippen LogP contribution < -0.4 is 16.4 Å². The third-order valence-corrected chi connectivity index (χ3v) is 9.22. The van der Waals surface area contributed by atoms with Crippen molar-refractivity contribution in [2.45, 2.75) is 117 Å². The van der Waals surface area contributed by atoms with Gasteiger partial charge in [0.15, 0.2) is 12.6 Å². The lowest BCUT2D eigenvalue weighted by Crippen LogP contribution is -2.71. The van der Waals surface area contributed by atoms with Crippen LogP contribution in [0.3, 0.4) is 0 Å². The molecule has 15 N–H and O–H groups in total. The maximum Gasteiger partial charge on any atom is 0.397 e. The molecule has 0 bridgehead atoms. The van der Waals surface area contributed by atoms with E-state index in [-0.39, 0.29) is 19.6 Å². The molecular formula is C28H49N3O23S. The van der Waals surface area contributed by atoms with Crippen LogP contribution in [0.4, 0.5) is 0 Å².